The molecule has 3 N–H and O–H groups in total. The Labute approximate surface area is 118 Å². The minimum Gasteiger partial charge on any atom is -0.497 e. The molecular formula is C14H20N2O4. The lowest BCUT2D eigenvalue weighted by Gasteiger charge is -2.18. The van der Waals surface area contributed by atoms with E-state index in [-0.39, 0.29) is 12.5 Å². The first-order valence-corrected chi connectivity index (χ1v) is 6.29. The molecule has 0 heterocycles. The maximum Gasteiger partial charge on any atom is 0.258 e. The van der Waals surface area contributed by atoms with Crippen LogP contribution in [0.25, 0.3) is 0 Å². The summed E-state index contributed by atoms with van der Waals surface area (Å²) in [6.45, 7) is 3.43. The second-order valence-electron chi connectivity index (χ2n) is 4.66. The van der Waals surface area contributed by atoms with Crippen LogP contribution in [-0.4, -0.2) is 31.6 Å². The average molecular weight is 280 g/mol. The molecular weight excluding hydrogens is 260 g/mol. The lowest BCUT2D eigenvalue weighted by atomic mass is 10.0. The second-order valence-corrected chi connectivity index (χ2v) is 4.66. The summed E-state index contributed by atoms with van der Waals surface area (Å²) in [7, 11) is 1.57. The molecule has 2 amide bonds. The molecule has 0 fully saturated rings. The third-order valence-corrected chi connectivity index (χ3v) is 2.72. The largest absolute Gasteiger partial charge is 0.497 e. The molecule has 0 spiro atoms. The molecule has 1 atom stereocenters. The maximum absolute atomic E-state index is 11.7. The first-order valence-electron chi connectivity index (χ1n) is 6.29. The van der Waals surface area contributed by atoms with Gasteiger partial charge in [-0.3, -0.25) is 9.59 Å². The van der Waals surface area contributed by atoms with Gasteiger partial charge in [0.05, 0.1) is 7.11 Å². The van der Waals surface area contributed by atoms with E-state index in [4.69, 9.17) is 15.2 Å². The first-order chi connectivity index (χ1) is 9.43. The van der Waals surface area contributed by atoms with Crippen molar-refractivity contribution in [1.82, 2.24) is 5.32 Å². The van der Waals surface area contributed by atoms with Crippen molar-refractivity contribution < 1.29 is 19.1 Å². The summed E-state index contributed by atoms with van der Waals surface area (Å²) in [5.74, 6) is 0.227. The minimum atomic E-state index is -0.693. The number of rotatable bonds is 7. The SMILES string of the molecule is COc1ccc(OCC(=O)NC(C(N)=O)C(C)C)cc1. The van der Waals surface area contributed by atoms with Gasteiger partial charge in [-0.05, 0) is 30.2 Å². The third-order valence-electron chi connectivity index (χ3n) is 2.72. The molecule has 0 radical (unpaired) electrons. The molecule has 20 heavy (non-hydrogen) atoms. The summed E-state index contributed by atoms with van der Waals surface area (Å²) in [5, 5.41) is 2.55. The van der Waals surface area contributed by atoms with Gasteiger partial charge in [-0.15, -0.1) is 0 Å². The molecule has 1 unspecified atom stereocenters. The monoisotopic (exact) mass is 280 g/mol. The Morgan fingerprint density at radius 2 is 1.75 bits per heavy atom. The van der Waals surface area contributed by atoms with Crippen molar-refractivity contribution in [3.05, 3.63) is 24.3 Å². The first kappa shape index (κ1) is 15.8. The highest BCUT2D eigenvalue weighted by atomic mass is 16.5. The van der Waals surface area contributed by atoms with Crippen molar-refractivity contribution >= 4 is 11.8 Å². The molecule has 0 saturated carbocycles. The Morgan fingerprint density at radius 1 is 1.20 bits per heavy atom. The number of amides is 2. The van der Waals surface area contributed by atoms with Crippen molar-refractivity contribution in [3.8, 4) is 11.5 Å². The molecule has 1 aromatic rings. The van der Waals surface area contributed by atoms with Crippen molar-refractivity contribution in [3.63, 3.8) is 0 Å². The lowest BCUT2D eigenvalue weighted by molar-refractivity contribution is -0.129. The van der Waals surface area contributed by atoms with Crippen LogP contribution in [0.2, 0.25) is 0 Å². The van der Waals surface area contributed by atoms with E-state index in [0.717, 1.165) is 0 Å². The summed E-state index contributed by atoms with van der Waals surface area (Å²) in [6, 6.07) is 6.16. The highest BCUT2D eigenvalue weighted by Crippen LogP contribution is 2.16. The predicted octanol–water partition coefficient (Wildman–Crippen LogP) is 0.700. The summed E-state index contributed by atoms with van der Waals surface area (Å²) in [4.78, 5) is 22.9. The van der Waals surface area contributed by atoms with Crippen molar-refractivity contribution in [1.29, 1.82) is 0 Å². The highest BCUT2D eigenvalue weighted by Gasteiger charge is 2.21. The van der Waals surface area contributed by atoms with E-state index in [9.17, 15) is 9.59 Å². The number of hydrogen-bond acceptors (Lipinski definition) is 4. The molecule has 110 valence electrons. The molecule has 6 heteroatoms. The summed E-state index contributed by atoms with van der Waals surface area (Å²) < 4.78 is 10.3. The van der Waals surface area contributed by atoms with Gasteiger partial charge in [0.2, 0.25) is 5.91 Å². The average Bonchev–Trinajstić information content (AvgIpc) is 2.42. The van der Waals surface area contributed by atoms with Gasteiger partial charge in [0.15, 0.2) is 6.61 Å². The van der Waals surface area contributed by atoms with Crippen LogP contribution in [0.1, 0.15) is 13.8 Å². The molecule has 0 aliphatic carbocycles. The number of carbonyl (C=O) groups is 2. The predicted molar refractivity (Wildman–Crippen MR) is 74.5 cm³/mol. The van der Waals surface area contributed by atoms with Crippen LogP contribution < -0.4 is 20.5 Å². The van der Waals surface area contributed by atoms with Crippen LogP contribution in [0, 0.1) is 5.92 Å². The van der Waals surface area contributed by atoms with E-state index in [1.165, 1.54) is 0 Å². The van der Waals surface area contributed by atoms with E-state index in [1.807, 2.05) is 0 Å². The number of benzene rings is 1. The van der Waals surface area contributed by atoms with Gasteiger partial charge in [-0.2, -0.15) is 0 Å². The standard InChI is InChI=1S/C14H20N2O4/c1-9(2)13(14(15)18)16-12(17)8-20-11-6-4-10(19-3)5-7-11/h4-7,9,13H,8H2,1-3H3,(H2,15,18)(H,16,17). The van der Waals surface area contributed by atoms with Crippen LogP contribution in [0.4, 0.5) is 0 Å². The smallest absolute Gasteiger partial charge is 0.258 e. The summed E-state index contributed by atoms with van der Waals surface area (Å²) in [6.07, 6.45) is 0. The fraction of sp³-hybridized carbons (Fsp3) is 0.429. The Hall–Kier alpha value is -2.24. The Kier molecular flexibility index (Phi) is 5.83. The number of carbonyl (C=O) groups excluding carboxylic acids is 2. The van der Waals surface area contributed by atoms with Crippen LogP contribution in [0.15, 0.2) is 24.3 Å². The second kappa shape index (κ2) is 7.37. The molecule has 0 aliphatic rings. The van der Waals surface area contributed by atoms with Gasteiger partial charge < -0.3 is 20.5 Å². The van der Waals surface area contributed by atoms with Gasteiger partial charge >= 0.3 is 0 Å². The number of methoxy groups -OCH3 is 1. The molecule has 0 aliphatic heterocycles. The van der Waals surface area contributed by atoms with Gasteiger partial charge in [0, 0.05) is 0 Å². The number of primary amides is 1. The van der Waals surface area contributed by atoms with Crippen molar-refractivity contribution in [2.45, 2.75) is 19.9 Å². The van der Waals surface area contributed by atoms with Crippen LogP contribution >= 0.6 is 0 Å². The van der Waals surface area contributed by atoms with E-state index in [1.54, 1.807) is 45.2 Å². The normalized spacial score (nSPS) is 11.8. The van der Waals surface area contributed by atoms with E-state index < -0.39 is 17.9 Å². The molecule has 0 aromatic heterocycles. The Morgan fingerprint density at radius 3 is 2.20 bits per heavy atom. The fourth-order valence-electron chi connectivity index (χ4n) is 1.60. The highest BCUT2D eigenvalue weighted by molar-refractivity contribution is 5.87. The quantitative estimate of drug-likeness (QED) is 0.769. The van der Waals surface area contributed by atoms with Crippen LogP contribution in [0.3, 0.4) is 0 Å². The number of nitrogens with one attached hydrogen (secondary N) is 1. The van der Waals surface area contributed by atoms with E-state index in [2.05, 4.69) is 5.32 Å². The third kappa shape index (κ3) is 4.79. The molecule has 6 nitrogen and oxygen atoms in total. The number of nitrogens with two attached hydrogens (primary N) is 1. The number of hydrogen-bond donors (Lipinski definition) is 2. The molecule has 0 bridgehead atoms. The zero-order chi connectivity index (χ0) is 15.1. The van der Waals surface area contributed by atoms with Crippen LogP contribution in [0.5, 0.6) is 11.5 Å². The Balaban J connectivity index is 2.47. The van der Waals surface area contributed by atoms with Gasteiger partial charge in [-0.25, -0.2) is 0 Å². The molecule has 0 saturated heterocycles. The van der Waals surface area contributed by atoms with Gasteiger partial charge in [0.1, 0.15) is 17.5 Å². The summed E-state index contributed by atoms with van der Waals surface area (Å²) in [5.41, 5.74) is 5.22. The van der Waals surface area contributed by atoms with Crippen LogP contribution in [-0.2, 0) is 9.59 Å². The summed E-state index contributed by atoms with van der Waals surface area (Å²) >= 11 is 0. The topological polar surface area (TPSA) is 90.7 Å². The van der Waals surface area contributed by atoms with Crippen molar-refractivity contribution in [2.75, 3.05) is 13.7 Å². The van der Waals surface area contributed by atoms with Crippen molar-refractivity contribution in [2.24, 2.45) is 11.7 Å². The Bertz CT molecular complexity index is 457. The molecule has 1 aromatic carbocycles. The molecule has 1 rings (SSSR count). The van der Waals surface area contributed by atoms with Gasteiger partial charge in [-0.1, -0.05) is 13.8 Å². The van der Waals surface area contributed by atoms with E-state index >= 15 is 0 Å². The zero-order valence-corrected chi connectivity index (χ0v) is 11.9. The van der Waals surface area contributed by atoms with E-state index in [0.29, 0.717) is 11.5 Å². The fourth-order valence-corrected chi connectivity index (χ4v) is 1.60. The number of ether oxygens (including phenoxy) is 2. The maximum atomic E-state index is 11.7. The lowest BCUT2D eigenvalue weighted by Crippen LogP contribution is -2.49. The van der Waals surface area contributed by atoms with Gasteiger partial charge in [0.25, 0.3) is 5.91 Å². The minimum absolute atomic E-state index is 0.0718. The zero-order valence-electron chi connectivity index (χ0n) is 11.9.